The highest BCUT2D eigenvalue weighted by Crippen LogP contribution is 2.32. The third-order valence-electron chi connectivity index (χ3n) is 4.88. The quantitative estimate of drug-likeness (QED) is 0.415. The Labute approximate surface area is 197 Å². The van der Waals surface area contributed by atoms with Gasteiger partial charge in [0.15, 0.2) is 5.16 Å². The molecule has 2 aromatic carbocycles. The van der Waals surface area contributed by atoms with Crippen molar-refractivity contribution in [2.75, 3.05) is 10.6 Å². The Morgan fingerprint density at radius 2 is 1.79 bits per heavy atom. The number of benzene rings is 2. The lowest BCUT2D eigenvalue weighted by atomic mass is 10.1. The van der Waals surface area contributed by atoms with Crippen LogP contribution in [0.15, 0.2) is 52.5 Å². The molecule has 0 radical (unpaired) electrons. The largest absolute Gasteiger partial charge is 0.326 e. The number of nitrogens with zero attached hydrogens (tertiary/aromatic N) is 2. The van der Waals surface area contributed by atoms with Crippen LogP contribution >= 0.6 is 11.8 Å². The van der Waals surface area contributed by atoms with Crippen LogP contribution in [0, 0.1) is 5.92 Å². The Balaban J connectivity index is 1.89. The van der Waals surface area contributed by atoms with Gasteiger partial charge < -0.3 is 15.2 Å². The molecule has 9 nitrogen and oxygen atoms in total. The van der Waals surface area contributed by atoms with Crippen molar-refractivity contribution in [2.24, 2.45) is 11.1 Å². The standard InChI is InChI=1S/C22H27N5O4S2/c1-5-27-19-10-9-17(33(23,30)31)12-18(19)26-22(27)32-20(13(2)3)21(29)25-16-8-6-7-15(11-16)24-14(4)28/h6-13,20H,5H2,1-4H3,(H,24,28)(H,25,29)(H2,23,30,31). The number of nitrogens with one attached hydrogen (secondary N) is 2. The number of anilines is 2. The first-order chi connectivity index (χ1) is 15.5. The van der Waals surface area contributed by atoms with Gasteiger partial charge in [0.05, 0.1) is 21.2 Å². The molecular formula is C22H27N5O4S2. The fourth-order valence-electron chi connectivity index (χ4n) is 3.36. The van der Waals surface area contributed by atoms with E-state index in [1.165, 1.54) is 30.8 Å². The first-order valence-electron chi connectivity index (χ1n) is 10.4. The van der Waals surface area contributed by atoms with Crippen molar-refractivity contribution in [3.63, 3.8) is 0 Å². The number of nitrogens with two attached hydrogens (primary N) is 1. The zero-order valence-electron chi connectivity index (χ0n) is 18.8. The van der Waals surface area contributed by atoms with Gasteiger partial charge in [-0.25, -0.2) is 18.5 Å². The van der Waals surface area contributed by atoms with Crippen LogP contribution < -0.4 is 15.8 Å². The van der Waals surface area contributed by atoms with Crippen molar-refractivity contribution < 1.29 is 18.0 Å². The Hall–Kier alpha value is -2.89. The molecule has 1 heterocycles. The Kier molecular flexibility index (Phi) is 7.45. The lowest BCUT2D eigenvalue weighted by Crippen LogP contribution is -2.30. The van der Waals surface area contributed by atoms with E-state index in [9.17, 15) is 18.0 Å². The molecule has 4 N–H and O–H groups in total. The Morgan fingerprint density at radius 3 is 2.36 bits per heavy atom. The number of thioether (sulfide) groups is 1. The molecule has 0 aliphatic rings. The number of primary sulfonamides is 1. The van der Waals surface area contributed by atoms with Crippen molar-refractivity contribution in [1.29, 1.82) is 0 Å². The van der Waals surface area contributed by atoms with Gasteiger partial charge in [0.25, 0.3) is 0 Å². The van der Waals surface area contributed by atoms with Crippen molar-refractivity contribution in [3.8, 4) is 0 Å². The Morgan fingerprint density at radius 1 is 1.12 bits per heavy atom. The summed E-state index contributed by atoms with van der Waals surface area (Å²) in [6.45, 7) is 7.87. The maximum atomic E-state index is 13.1. The van der Waals surface area contributed by atoms with Crippen LogP contribution in [0.4, 0.5) is 11.4 Å². The molecule has 11 heteroatoms. The van der Waals surface area contributed by atoms with Crippen molar-refractivity contribution in [2.45, 2.75) is 49.5 Å². The number of amides is 2. The van der Waals surface area contributed by atoms with Crippen LogP contribution in [0.2, 0.25) is 0 Å². The third kappa shape index (κ3) is 5.92. The van der Waals surface area contributed by atoms with Gasteiger partial charge in [-0.1, -0.05) is 31.7 Å². The third-order valence-corrected chi connectivity index (χ3v) is 7.32. The average molecular weight is 490 g/mol. The molecule has 3 rings (SSSR count). The predicted molar refractivity (Wildman–Crippen MR) is 131 cm³/mol. The average Bonchev–Trinajstić information content (AvgIpc) is 3.07. The lowest BCUT2D eigenvalue weighted by Gasteiger charge is -2.20. The molecule has 0 fully saturated rings. The summed E-state index contributed by atoms with van der Waals surface area (Å²) in [4.78, 5) is 29.0. The molecule has 0 bridgehead atoms. The van der Waals surface area contributed by atoms with Crippen LogP contribution in [0.25, 0.3) is 11.0 Å². The second-order valence-corrected chi connectivity index (χ2v) is 10.5. The van der Waals surface area contributed by atoms with Crippen LogP contribution in [0.3, 0.4) is 0 Å². The normalized spacial score (nSPS) is 12.7. The molecule has 0 aliphatic heterocycles. The molecule has 2 amide bonds. The first-order valence-corrected chi connectivity index (χ1v) is 12.8. The smallest absolute Gasteiger partial charge is 0.238 e. The summed E-state index contributed by atoms with van der Waals surface area (Å²) in [6.07, 6.45) is 0. The SMILES string of the molecule is CCn1c(SC(C(=O)Nc2cccc(NC(C)=O)c2)C(C)C)nc2cc(S(N)(=O)=O)ccc21. The van der Waals surface area contributed by atoms with E-state index in [-0.39, 0.29) is 22.6 Å². The van der Waals surface area contributed by atoms with Gasteiger partial charge in [-0.15, -0.1) is 0 Å². The fourth-order valence-corrected chi connectivity index (χ4v) is 5.06. The number of carbonyl (C=O) groups is 2. The number of aryl methyl sites for hydroxylation is 1. The van der Waals surface area contributed by atoms with Gasteiger partial charge in [0, 0.05) is 24.8 Å². The second kappa shape index (κ2) is 9.94. The van der Waals surface area contributed by atoms with Crippen LogP contribution in [0.5, 0.6) is 0 Å². The minimum absolute atomic E-state index is 0.00971. The summed E-state index contributed by atoms with van der Waals surface area (Å²) in [6, 6.07) is 11.5. The topological polar surface area (TPSA) is 136 Å². The molecule has 0 saturated carbocycles. The monoisotopic (exact) mass is 489 g/mol. The second-order valence-electron chi connectivity index (χ2n) is 7.87. The molecular weight excluding hydrogens is 462 g/mol. The van der Waals surface area contributed by atoms with E-state index in [0.29, 0.717) is 28.6 Å². The van der Waals surface area contributed by atoms with E-state index in [1.54, 1.807) is 30.3 Å². The molecule has 33 heavy (non-hydrogen) atoms. The van der Waals surface area contributed by atoms with Gasteiger partial charge in [-0.05, 0) is 49.2 Å². The number of rotatable bonds is 8. The number of sulfonamides is 1. The van der Waals surface area contributed by atoms with Gasteiger partial charge >= 0.3 is 0 Å². The summed E-state index contributed by atoms with van der Waals surface area (Å²) in [5.41, 5.74) is 2.42. The fraction of sp³-hybridized carbons (Fsp3) is 0.318. The summed E-state index contributed by atoms with van der Waals surface area (Å²) in [7, 11) is -3.85. The van der Waals surface area contributed by atoms with Crippen molar-refractivity contribution in [1.82, 2.24) is 9.55 Å². The molecule has 1 unspecified atom stereocenters. The molecule has 176 valence electrons. The van der Waals surface area contributed by atoms with E-state index in [1.807, 2.05) is 25.3 Å². The van der Waals surface area contributed by atoms with Crippen molar-refractivity contribution in [3.05, 3.63) is 42.5 Å². The molecule has 1 atom stereocenters. The number of carbonyl (C=O) groups excluding carboxylic acids is 2. The first kappa shape index (κ1) is 24.7. The highest BCUT2D eigenvalue weighted by Gasteiger charge is 2.27. The van der Waals surface area contributed by atoms with Crippen LogP contribution in [0.1, 0.15) is 27.7 Å². The predicted octanol–water partition coefficient (Wildman–Crippen LogP) is 3.42. The van der Waals surface area contributed by atoms with E-state index in [2.05, 4.69) is 15.6 Å². The highest BCUT2D eigenvalue weighted by atomic mass is 32.2. The van der Waals surface area contributed by atoms with Crippen LogP contribution in [-0.4, -0.2) is 35.0 Å². The summed E-state index contributed by atoms with van der Waals surface area (Å²) in [5, 5.41) is 11.0. The highest BCUT2D eigenvalue weighted by molar-refractivity contribution is 8.00. The maximum absolute atomic E-state index is 13.1. The summed E-state index contributed by atoms with van der Waals surface area (Å²) >= 11 is 1.32. The minimum Gasteiger partial charge on any atom is -0.326 e. The minimum atomic E-state index is -3.85. The van der Waals surface area contributed by atoms with E-state index >= 15 is 0 Å². The number of hydrogen-bond donors (Lipinski definition) is 3. The van der Waals surface area contributed by atoms with Gasteiger partial charge in [-0.3, -0.25) is 9.59 Å². The van der Waals surface area contributed by atoms with E-state index in [4.69, 9.17) is 5.14 Å². The number of hydrogen-bond acceptors (Lipinski definition) is 6. The van der Waals surface area contributed by atoms with Gasteiger partial charge in [-0.2, -0.15) is 0 Å². The number of fused-ring (bicyclic) bond motifs is 1. The lowest BCUT2D eigenvalue weighted by molar-refractivity contribution is -0.116. The zero-order chi connectivity index (χ0) is 24.3. The van der Waals surface area contributed by atoms with Gasteiger partial charge in [0.2, 0.25) is 21.8 Å². The molecule has 1 aromatic heterocycles. The van der Waals surface area contributed by atoms with Crippen LogP contribution in [-0.2, 0) is 26.2 Å². The Bertz CT molecular complexity index is 1300. The summed E-state index contributed by atoms with van der Waals surface area (Å²) in [5.74, 6) is -0.410. The molecule has 0 spiro atoms. The molecule has 3 aromatic rings. The van der Waals surface area contributed by atoms with Crippen molar-refractivity contribution >= 4 is 56.0 Å². The zero-order valence-corrected chi connectivity index (χ0v) is 20.5. The molecule has 0 aliphatic carbocycles. The van der Waals surface area contributed by atoms with Gasteiger partial charge in [0.1, 0.15) is 0 Å². The molecule has 0 saturated heterocycles. The number of imidazole rings is 1. The van der Waals surface area contributed by atoms with E-state index in [0.717, 1.165) is 5.52 Å². The summed E-state index contributed by atoms with van der Waals surface area (Å²) < 4.78 is 25.4. The number of aromatic nitrogens is 2. The van der Waals surface area contributed by atoms with E-state index < -0.39 is 15.3 Å². The maximum Gasteiger partial charge on any atom is 0.238 e.